The summed E-state index contributed by atoms with van der Waals surface area (Å²) < 4.78 is 1.37. The predicted octanol–water partition coefficient (Wildman–Crippen LogP) is 4.56. The van der Waals surface area contributed by atoms with Crippen LogP contribution in [-0.4, -0.2) is 16.0 Å². The van der Waals surface area contributed by atoms with Crippen LogP contribution in [0.4, 0.5) is 17.1 Å². The number of nitro groups is 1. The summed E-state index contributed by atoms with van der Waals surface area (Å²) in [6.45, 7) is 0. The second-order valence-corrected chi connectivity index (χ2v) is 5.72. The number of nitrogens with zero attached hydrogens (tertiary/aromatic N) is 1. The molecule has 0 spiro atoms. The Morgan fingerprint density at radius 1 is 1.19 bits per heavy atom. The van der Waals surface area contributed by atoms with Gasteiger partial charge in [0.25, 0.3) is 5.69 Å². The summed E-state index contributed by atoms with van der Waals surface area (Å²) in [6, 6.07) is 8.91. The first-order chi connectivity index (χ1) is 9.90. The minimum absolute atomic E-state index is 0.0359. The van der Waals surface area contributed by atoms with E-state index in [1.54, 1.807) is 18.2 Å². The van der Waals surface area contributed by atoms with Gasteiger partial charge in [-0.15, -0.1) is 0 Å². The molecule has 0 aromatic heterocycles. The number of nitrogens with one attached hydrogen (secondary N) is 1. The second kappa shape index (κ2) is 6.23. The zero-order valence-electron chi connectivity index (χ0n) is 10.3. The smallest absolute Gasteiger partial charge is 0.335 e. The topological polar surface area (TPSA) is 92.5 Å². The number of para-hydroxylation sites is 1. The van der Waals surface area contributed by atoms with Crippen LogP contribution in [0, 0.1) is 10.1 Å². The average molecular weight is 416 g/mol. The number of nitro benzene ring substituents is 1. The molecule has 2 rings (SSSR count). The molecule has 0 aliphatic heterocycles. The van der Waals surface area contributed by atoms with Crippen molar-refractivity contribution in [1.29, 1.82) is 0 Å². The molecule has 2 aromatic carbocycles. The lowest BCUT2D eigenvalue weighted by Crippen LogP contribution is -2.02. The van der Waals surface area contributed by atoms with Crippen molar-refractivity contribution in [2.24, 2.45) is 0 Å². The summed E-state index contributed by atoms with van der Waals surface area (Å²) in [5.74, 6) is -1.15. The number of hydrogen-bond donors (Lipinski definition) is 2. The van der Waals surface area contributed by atoms with Crippen molar-refractivity contribution in [3.05, 3.63) is 61.0 Å². The zero-order chi connectivity index (χ0) is 15.6. The van der Waals surface area contributed by atoms with E-state index >= 15 is 0 Å². The Hall–Kier alpha value is -1.93. The summed E-state index contributed by atoms with van der Waals surface area (Å²) in [4.78, 5) is 21.5. The van der Waals surface area contributed by atoms with Gasteiger partial charge in [-0.25, -0.2) is 4.79 Å². The summed E-state index contributed by atoms with van der Waals surface area (Å²) in [7, 11) is 0. The molecule has 0 saturated heterocycles. The van der Waals surface area contributed by atoms with Gasteiger partial charge in [0.2, 0.25) is 0 Å². The van der Waals surface area contributed by atoms with E-state index in [0.717, 1.165) is 6.07 Å². The molecule has 0 radical (unpaired) electrons. The highest BCUT2D eigenvalue weighted by Gasteiger charge is 2.18. The molecule has 6 nitrogen and oxygen atoms in total. The Balaban J connectivity index is 2.53. The maximum absolute atomic E-state index is 11.1. The maximum atomic E-state index is 11.1. The first-order valence-corrected chi connectivity index (χ1v) is 7.21. The van der Waals surface area contributed by atoms with E-state index in [2.05, 4.69) is 37.2 Å². The maximum Gasteiger partial charge on any atom is 0.335 e. The van der Waals surface area contributed by atoms with Crippen LogP contribution >= 0.6 is 31.9 Å². The Kier molecular flexibility index (Phi) is 4.59. The van der Waals surface area contributed by atoms with Crippen LogP contribution in [0.5, 0.6) is 0 Å². The third kappa shape index (κ3) is 3.40. The number of carboxylic acids is 1. The van der Waals surface area contributed by atoms with Gasteiger partial charge in [-0.2, -0.15) is 0 Å². The number of carboxylic acid groups (broad SMARTS) is 1. The van der Waals surface area contributed by atoms with Crippen molar-refractivity contribution in [1.82, 2.24) is 0 Å². The van der Waals surface area contributed by atoms with Gasteiger partial charge in [0.15, 0.2) is 0 Å². The van der Waals surface area contributed by atoms with Crippen molar-refractivity contribution in [2.75, 3.05) is 5.32 Å². The fourth-order valence-corrected chi connectivity index (χ4v) is 2.88. The summed E-state index contributed by atoms with van der Waals surface area (Å²) in [6.07, 6.45) is 0. The molecule has 2 aromatic rings. The molecule has 0 heterocycles. The van der Waals surface area contributed by atoms with E-state index in [0.29, 0.717) is 14.6 Å². The fourth-order valence-electron chi connectivity index (χ4n) is 1.68. The molecule has 108 valence electrons. The van der Waals surface area contributed by atoms with Crippen molar-refractivity contribution >= 4 is 54.9 Å². The molecular formula is C13H8Br2N2O4. The first-order valence-electron chi connectivity index (χ1n) is 5.63. The van der Waals surface area contributed by atoms with E-state index in [-0.39, 0.29) is 16.9 Å². The Labute approximate surface area is 136 Å². The molecule has 0 atom stereocenters. The van der Waals surface area contributed by atoms with E-state index in [4.69, 9.17) is 5.11 Å². The quantitative estimate of drug-likeness (QED) is 0.563. The van der Waals surface area contributed by atoms with Crippen LogP contribution in [-0.2, 0) is 0 Å². The lowest BCUT2D eigenvalue weighted by Gasteiger charge is -2.11. The van der Waals surface area contributed by atoms with Crippen molar-refractivity contribution in [3.63, 3.8) is 0 Å². The number of carbonyl (C=O) groups is 1. The number of rotatable bonds is 4. The minimum Gasteiger partial charge on any atom is -0.478 e. The third-order valence-electron chi connectivity index (χ3n) is 2.66. The Morgan fingerprint density at radius 3 is 2.33 bits per heavy atom. The van der Waals surface area contributed by atoms with Crippen LogP contribution < -0.4 is 5.32 Å². The molecule has 8 heteroatoms. The minimum atomic E-state index is -1.15. The van der Waals surface area contributed by atoms with E-state index in [1.165, 1.54) is 12.1 Å². The fraction of sp³-hybridized carbons (Fsp3) is 0. The summed E-state index contributed by atoms with van der Waals surface area (Å²) in [5.41, 5.74) is 0.435. The zero-order valence-corrected chi connectivity index (χ0v) is 13.5. The van der Waals surface area contributed by atoms with Crippen LogP contribution in [0.1, 0.15) is 10.4 Å². The monoisotopic (exact) mass is 414 g/mol. The van der Waals surface area contributed by atoms with Gasteiger partial charge >= 0.3 is 5.97 Å². The van der Waals surface area contributed by atoms with E-state index in [1.807, 2.05) is 0 Å². The third-order valence-corrected chi connectivity index (χ3v) is 3.98. The highest BCUT2D eigenvalue weighted by molar-refractivity contribution is 9.11. The van der Waals surface area contributed by atoms with Crippen LogP contribution in [0.2, 0.25) is 0 Å². The van der Waals surface area contributed by atoms with Crippen molar-refractivity contribution in [3.8, 4) is 0 Å². The van der Waals surface area contributed by atoms with Gasteiger partial charge in [-0.3, -0.25) is 10.1 Å². The second-order valence-electron chi connectivity index (χ2n) is 4.02. The molecule has 21 heavy (non-hydrogen) atoms. The number of hydrogen-bond acceptors (Lipinski definition) is 4. The van der Waals surface area contributed by atoms with Gasteiger partial charge < -0.3 is 10.4 Å². The number of anilines is 2. The van der Waals surface area contributed by atoms with Crippen molar-refractivity contribution < 1.29 is 14.8 Å². The van der Waals surface area contributed by atoms with E-state index < -0.39 is 10.9 Å². The van der Waals surface area contributed by atoms with Gasteiger partial charge in [-0.1, -0.05) is 6.07 Å². The molecule has 2 N–H and O–H groups in total. The van der Waals surface area contributed by atoms with Gasteiger partial charge in [-0.05, 0) is 56.1 Å². The largest absolute Gasteiger partial charge is 0.478 e. The molecule has 0 fully saturated rings. The van der Waals surface area contributed by atoms with Crippen LogP contribution in [0.15, 0.2) is 45.3 Å². The number of halogens is 2. The summed E-state index contributed by atoms with van der Waals surface area (Å²) in [5, 5.41) is 22.9. The standard InChI is InChI=1S/C13H8Br2N2O4/c14-8-2-1-3-9(15)12(8)16-10-6-7(13(18)19)4-5-11(10)17(20)21/h1-6,16H,(H,18,19). The lowest BCUT2D eigenvalue weighted by molar-refractivity contribution is -0.383. The van der Waals surface area contributed by atoms with Gasteiger partial charge in [0, 0.05) is 15.0 Å². The number of aromatic carboxylic acids is 1. The molecule has 0 aliphatic rings. The molecule has 0 unspecified atom stereocenters. The molecule has 0 saturated carbocycles. The molecule has 0 aliphatic carbocycles. The van der Waals surface area contributed by atoms with Crippen LogP contribution in [0.25, 0.3) is 0 Å². The Morgan fingerprint density at radius 2 is 1.81 bits per heavy atom. The highest BCUT2D eigenvalue weighted by atomic mass is 79.9. The SMILES string of the molecule is O=C(O)c1ccc([N+](=O)[O-])c(Nc2c(Br)cccc2Br)c1. The lowest BCUT2D eigenvalue weighted by atomic mass is 10.1. The van der Waals surface area contributed by atoms with E-state index in [9.17, 15) is 14.9 Å². The normalized spacial score (nSPS) is 10.2. The first kappa shape index (κ1) is 15.5. The molecular weight excluding hydrogens is 408 g/mol. The molecule has 0 bridgehead atoms. The summed E-state index contributed by atoms with van der Waals surface area (Å²) >= 11 is 6.67. The predicted molar refractivity (Wildman–Crippen MR) is 85.2 cm³/mol. The van der Waals surface area contributed by atoms with Crippen molar-refractivity contribution in [2.45, 2.75) is 0 Å². The number of benzene rings is 2. The average Bonchev–Trinajstić information content (AvgIpc) is 2.42. The highest BCUT2D eigenvalue weighted by Crippen LogP contribution is 2.36. The Bertz CT molecular complexity index is 714. The molecule has 0 amide bonds. The van der Waals surface area contributed by atoms with Gasteiger partial charge in [0.1, 0.15) is 5.69 Å². The van der Waals surface area contributed by atoms with Gasteiger partial charge in [0.05, 0.1) is 16.2 Å². The van der Waals surface area contributed by atoms with Crippen LogP contribution in [0.3, 0.4) is 0 Å².